The summed E-state index contributed by atoms with van der Waals surface area (Å²) in [4.78, 5) is 25.4. The van der Waals surface area contributed by atoms with Crippen LogP contribution in [0.5, 0.6) is 0 Å². The third kappa shape index (κ3) is 2.19. The Morgan fingerprint density at radius 1 is 1.35 bits per heavy atom. The van der Waals surface area contributed by atoms with E-state index in [0.29, 0.717) is 16.1 Å². The van der Waals surface area contributed by atoms with Crippen molar-refractivity contribution in [2.24, 2.45) is 0 Å². The van der Waals surface area contributed by atoms with Gasteiger partial charge in [-0.15, -0.1) is 0 Å². The van der Waals surface area contributed by atoms with Gasteiger partial charge in [0.15, 0.2) is 0 Å². The number of carbonyl (C=O) groups excluding carboxylic acids is 1. The van der Waals surface area contributed by atoms with Gasteiger partial charge in [0.05, 0.1) is 0 Å². The minimum absolute atomic E-state index is 0.186. The number of nitrogens with zero attached hydrogens (tertiary/aromatic N) is 1. The predicted molar refractivity (Wildman–Crippen MR) is 63.1 cm³/mol. The number of hydrogen-bond donors (Lipinski definition) is 2. The van der Waals surface area contributed by atoms with Crippen LogP contribution in [0.2, 0.25) is 0 Å². The molecule has 0 unspecified atom stereocenters. The Bertz CT molecular complexity index is 618. The van der Waals surface area contributed by atoms with Crippen LogP contribution in [0, 0.1) is 0 Å². The number of nitrogens with one attached hydrogen (secondary N) is 1. The van der Waals surface area contributed by atoms with Crippen LogP contribution in [0.1, 0.15) is 17.3 Å². The number of hydroxylamine groups is 2. The average Bonchev–Trinajstić information content (AvgIpc) is 2.36. The molecule has 2 N–H and O–H groups in total. The highest BCUT2D eigenvalue weighted by Gasteiger charge is 2.11. The number of hydrogen-bond acceptors (Lipinski definition) is 3. The van der Waals surface area contributed by atoms with Gasteiger partial charge in [-0.25, -0.2) is 5.06 Å². The number of aromatic nitrogens is 1. The van der Waals surface area contributed by atoms with Crippen molar-refractivity contribution >= 4 is 16.8 Å². The number of carbonyl (C=O) groups is 1. The van der Waals surface area contributed by atoms with Crippen molar-refractivity contribution in [1.29, 1.82) is 0 Å². The summed E-state index contributed by atoms with van der Waals surface area (Å²) in [5.41, 5.74) is 0.859. The van der Waals surface area contributed by atoms with Gasteiger partial charge in [0, 0.05) is 23.7 Å². The van der Waals surface area contributed by atoms with Crippen molar-refractivity contribution < 1.29 is 10.0 Å². The maximum atomic E-state index is 11.7. The molecule has 0 saturated carbocycles. The van der Waals surface area contributed by atoms with E-state index in [2.05, 4.69) is 4.98 Å². The number of pyridine rings is 1. The smallest absolute Gasteiger partial charge is 0.277 e. The van der Waals surface area contributed by atoms with Gasteiger partial charge in [-0.05, 0) is 36.6 Å². The van der Waals surface area contributed by atoms with E-state index in [-0.39, 0.29) is 12.1 Å². The number of fused-ring (bicyclic) bond motifs is 1. The second-order valence-corrected chi connectivity index (χ2v) is 3.65. The Kier molecular flexibility index (Phi) is 2.93. The van der Waals surface area contributed by atoms with Crippen LogP contribution >= 0.6 is 0 Å². The molecule has 0 aliphatic carbocycles. The molecular formula is C12H12N2O3. The number of H-pyrrole nitrogens is 1. The van der Waals surface area contributed by atoms with Gasteiger partial charge in [-0.1, -0.05) is 0 Å². The summed E-state index contributed by atoms with van der Waals surface area (Å²) in [5, 5.41) is 10.7. The summed E-state index contributed by atoms with van der Waals surface area (Å²) < 4.78 is 0. The van der Waals surface area contributed by atoms with Crippen LogP contribution in [0.3, 0.4) is 0 Å². The van der Waals surface area contributed by atoms with E-state index in [1.165, 1.54) is 6.07 Å². The molecule has 2 aromatic rings. The molecule has 1 amide bonds. The molecule has 0 radical (unpaired) electrons. The number of aromatic amines is 1. The maximum absolute atomic E-state index is 11.7. The zero-order valence-electron chi connectivity index (χ0n) is 9.30. The first kappa shape index (κ1) is 11.3. The van der Waals surface area contributed by atoms with Crippen molar-refractivity contribution in [1.82, 2.24) is 10.0 Å². The fourth-order valence-corrected chi connectivity index (χ4v) is 1.58. The Morgan fingerprint density at radius 2 is 2.12 bits per heavy atom. The lowest BCUT2D eigenvalue weighted by Gasteiger charge is -2.12. The third-order valence-corrected chi connectivity index (χ3v) is 2.50. The molecule has 2 rings (SSSR count). The van der Waals surface area contributed by atoms with E-state index in [4.69, 9.17) is 0 Å². The van der Waals surface area contributed by atoms with E-state index in [1.54, 1.807) is 31.2 Å². The molecule has 5 heteroatoms. The molecule has 0 bridgehead atoms. The molecule has 5 nitrogen and oxygen atoms in total. The largest absolute Gasteiger partial charge is 0.322 e. The first-order valence-corrected chi connectivity index (χ1v) is 5.25. The summed E-state index contributed by atoms with van der Waals surface area (Å²) >= 11 is 0. The van der Waals surface area contributed by atoms with E-state index in [0.717, 1.165) is 5.39 Å². The van der Waals surface area contributed by atoms with Gasteiger partial charge in [-0.3, -0.25) is 14.8 Å². The van der Waals surface area contributed by atoms with Gasteiger partial charge >= 0.3 is 0 Å². The van der Waals surface area contributed by atoms with E-state index in [9.17, 15) is 14.8 Å². The van der Waals surface area contributed by atoms with Gasteiger partial charge in [-0.2, -0.15) is 0 Å². The molecular weight excluding hydrogens is 220 g/mol. The highest BCUT2D eigenvalue weighted by Crippen LogP contribution is 2.13. The average molecular weight is 232 g/mol. The molecule has 0 spiro atoms. The predicted octanol–water partition coefficient (Wildman–Crippen LogP) is 1.38. The molecule has 17 heavy (non-hydrogen) atoms. The fourth-order valence-electron chi connectivity index (χ4n) is 1.58. The van der Waals surface area contributed by atoms with Crippen molar-refractivity contribution in [3.63, 3.8) is 0 Å². The molecule has 0 atom stereocenters. The normalized spacial score (nSPS) is 10.5. The van der Waals surface area contributed by atoms with Crippen molar-refractivity contribution in [2.45, 2.75) is 6.92 Å². The molecule has 1 heterocycles. The summed E-state index contributed by atoms with van der Waals surface area (Å²) in [6.45, 7) is 1.90. The summed E-state index contributed by atoms with van der Waals surface area (Å²) in [6, 6.07) is 7.88. The van der Waals surface area contributed by atoms with Gasteiger partial charge in [0.2, 0.25) is 5.56 Å². The zero-order valence-corrected chi connectivity index (χ0v) is 9.30. The second-order valence-electron chi connectivity index (χ2n) is 3.65. The van der Waals surface area contributed by atoms with Crippen LogP contribution in [0.4, 0.5) is 0 Å². The molecule has 88 valence electrons. The quantitative estimate of drug-likeness (QED) is 0.606. The Morgan fingerprint density at radius 3 is 2.82 bits per heavy atom. The number of amides is 1. The SMILES string of the molecule is CCN(O)C(=O)c1ccc2[nH]c(=O)ccc2c1. The lowest BCUT2D eigenvalue weighted by Crippen LogP contribution is -2.26. The van der Waals surface area contributed by atoms with Crippen LogP contribution < -0.4 is 5.56 Å². The van der Waals surface area contributed by atoms with Crippen LogP contribution in [-0.4, -0.2) is 27.7 Å². The summed E-state index contributed by atoms with van der Waals surface area (Å²) in [5.74, 6) is -0.458. The van der Waals surface area contributed by atoms with E-state index >= 15 is 0 Å². The highest BCUT2D eigenvalue weighted by molar-refractivity contribution is 5.97. The molecule has 1 aromatic heterocycles. The lowest BCUT2D eigenvalue weighted by molar-refractivity contribution is -0.0541. The number of rotatable bonds is 2. The molecule has 0 fully saturated rings. The summed E-state index contributed by atoms with van der Waals surface area (Å²) in [7, 11) is 0. The van der Waals surface area contributed by atoms with Crippen molar-refractivity contribution in [3.05, 3.63) is 46.2 Å². The molecule has 0 aliphatic rings. The lowest BCUT2D eigenvalue weighted by atomic mass is 10.1. The zero-order chi connectivity index (χ0) is 12.4. The van der Waals surface area contributed by atoms with Crippen LogP contribution in [0.15, 0.2) is 35.1 Å². The monoisotopic (exact) mass is 232 g/mol. The van der Waals surface area contributed by atoms with Gasteiger partial charge in [0.1, 0.15) is 0 Å². The number of benzene rings is 1. The van der Waals surface area contributed by atoms with Crippen LogP contribution in [0.25, 0.3) is 10.9 Å². The van der Waals surface area contributed by atoms with Gasteiger partial charge in [0.25, 0.3) is 5.91 Å². The highest BCUT2D eigenvalue weighted by atomic mass is 16.5. The molecule has 1 aromatic carbocycles. The van der Waals surface area contributed by atoms with E-state index in [1.807, 2.05) is 0 Å². The topological polar surface area (TPSA) is 73.4 Å². The molecule has 0 saturated heterocycles. The minimum Gasteiger partial charge on any atom is -0.322 e. The maximum Gasteiger partial charge on any atom is 0.277 e. The minimum atomic E-state index is -0.458. The second kappa shape index (κ2) is 4.39. The van der Waals surface area contributed by atoms with Crippen molar-refractivity contribution in [2.75, 3.05) is 6.54 Å². The Labute approximate surface area is 97.3 Å². The van der Waals surface area contributed by atoms with Crippen molar-refractivity contribution in [3.8, 4) is 0 Å². The third-order valence-electron chi connectivity index (χ3n) is 2.50. The van der Waals surface area contributed by atoms with E-state index < -0.39 is 5.91 Å². The van der Waals surface area contributed by atoms with Crippen LogP contribution in [-0.2, 0) is 0 Å². The molecule has 0 aliphatic heterocycles. The fraction of sp³-hybridized carbons (Fsp3) is 0.167. The Balaban J connectivity index is 2.48. The summed E-state index contributed by atoms with van der Waals surface area (Å²) in [6.07, 6.45) is 0. The Hall–Kier alpha value is -2.14. The standard InChI is InChI=1S/C12H12N2O3/c1-2-14(17)12(16)9-3-5-10-8(7-9)4-6-11(15)13-10/h3-7,17H,2H2,1H3,(H,13,15). The first-order valence-electron chi connectivity index (χ1n) is 5.25. The first-order chi connectivity index (χ1) is 8.11. The van der Waals surface area contributed by atoms with Gasteiger partial charge < -0.3 is 4.98 Å².